The number of carbonyl (C=O) groups is 2. The highest BCUT2D eigenvalue weighted by molar-refractivity contribution is 7.99. The number of aryl methyl sites for hydroxylation is 1. The molecule has 1 fully saturated rings. The molecule has 1 aliphatic rings. The molecule has 0 aliphatic carbocycles. The Labute approximate surface area is 121 Å². The van der Waals surface area contributed by atoms with Gasteiger partial charge in [0.2, 0.25) is 0 Å². The highest BCUT2D eigenvalue weighted by atomic mass is 32.2. The lowest BCUT2D eigenvalue weighted by molar-refractivity contribution is -0.141. The number of aromatic nitrogens is 1. The summed E-state index contributed by atoms with van der Waals surface area (Å²) < 4.78 is 5.21. The van der Waals surface area contributed by atoms with Crippen LogP contribution in [0.5, 0.6) is 0 Å². The number of nitrogens with zero attached hydrogens (tertiary/aromatic N) is 2. The van der Waals surface area contributed by atoms with Crippen molar-refractivity contribution in [3.63, 3.8) is 0 Å². The van der Waals surface area contributed by atoms with Crippen molar-refractivity contribution in [2.24, 2.45) is 0 Å². The summed E-state index contributed by atoms with van der Waals surface area (Å²) in [5.41, 5.74) is 0.930. The molecule has 1 amide bonds. The van der Waals surface area contributed by atoms with Crippen LogP contribution < -0.4 is 0 Å². The van der Waals surface area contributed by atoms with E-state index in [-0.39, 0.29) is 11.8 Å². The zero-order chi connectivity index (χ0) is 14.9. The Bertz CT molecular complexity index is 526. The fraction of sp³-hybridized carbons (Fsp3) is 0.615. The third-order valence-corrected chi connectivity index (χ3v) is 4.32. The minimum absolute atomic E-state index is 0.0255. The van der Waals surface area contributed by atoms with Crippen molar-refractivity contribution in [1.82, 2.24) is 10.1 Å². The van der Waals surface area contributed by atoms with Crippen molar-refractivity contribution in [3.8, 4) is 0 Å². The summed E-state index contributed by atoms with van der Waals surface area (Å²) in [4.78, 5) is 25.4. The van der Waals surface area contributed by atoms with Crippen molar-refractivity contribution in [3.05, 3.63) is 17.0 Å². The average Bonchev–Trinajstić information content (AvgIpc) is 2.80. The fourth-order valence-electron chi connectivity index (χ4n) is 2.24. The quantitative estimate of drug-likeness (QED) is 0.915. The van der Waals surface area contributed by atoms with Gasteiger partial charge in [-0.3, -0.25) is 4.79 Å². The Morgan fingerprint density at radius 3 is 2.80 bits per heavy atom. The van der Waals surface area contributed by atoms with Gasteiger partial charge in [-0.15, -0.1) is 0 Å². The number of thioether (sulfide) groups is 1. The molecular weight excluding hydrogens is 280 g/mol. The predicted molar refractivity (Wildman–Crippen MR) is 75.1 cm³/mol. The van der Waals surface area contributed by atoms with Gasteiger partial charge in [-0.1, -0.05) is 19.0 Å². The number of carboxylic acid groups (broad SMARTS) is 1. The molecule has 6 nitrogen and oxygen atoms in total. The van der Waals surface area contributed by atoms with Gasteiger partial charge in [-0.05, 0) is 6.92 Å². The summed E-state index contributed by atoms with van der Waals surface area (Å²) in [5.74, 6) is 0.456. The number of carboxylic acids is 1. The van der Waals surface area contributed by atoms with Crippen LogP contribution in [-0.2, 0) is 4.79 Å². The van der Waals surface area contributed by atoms with E-state index in [0.29, 0.717) is 29.3 Å². The topological polar surface area (TPSA) is 83.6 Å². The van der Waals surface area contributed by atoms with E-state index in [9.17, 15) is 14.7 Å². The second-order valence-corrected chi connectivity index (χ2v) is 6.24. The van der Waals surface area contributed by atoms with Gasteiger partial charge in [0.1, 0.15) is 11.6 Å². The molecule has 1 N–H and O–H groups in total. The van der Waals surface area contributed by atoms with E-state index in [1.807, 2.05) is 13.8 Å². The van der Waals surface area contributed by atoms with E-state index >= 15 is 0 Å². The molecule has 1 aromatic heterocycles. The van der Waals surface area contributed by atoms with Crippen molar-refractivity contribution in [1.29, 1.82) is 0 Å². The molecule has 0 aromatic carbocycles. The van der Waals surface area contributed by atoms with E-state index in [1.54, 1.807) is 18.7 Å². The lowest BCUT2D eigenvalue weighted by Crippen LogP contribution is -2.50. The Morgan fingerprint density at radius 2 is 2.20 bits per heavy atom. The van der Waals surface area contributed by atoms with Crippen molar-refractivity contribution < 1.29 is 19.2 Å². The third-order valence-electron chi connectivity index (χ3n) is 3.30. The van der Waals surface area contributed by atoms with Gasteiger partial charge >= 0.3 is 5.97 Å². The smallest absolute Gasteiger partial charge is 0.327 e. The molecular formula is C13H18N2O4S. The van der Waals surface area contributed by atoms with E-state index < -0.39 is 12.0 Å². The van der Waals surface area contributed by atoms with Crippen LogP contribution in [0.4, 0.5) is 0 Å². The van der Waals surface area contributed by atoms with Crippen molar-refractivity contribution in [2.45, 2.75) is 32.7 Å². The summed E-state index contributed by atoms with van der Waals surface area (Å²) in [6.45, 7) is 5.97. The first kappa shape index (κ1) is 14.9. The van der Waals surface area contributed by atoms with Gasteiger partial charge in [0.05, 0.1) is 5.69 Å². The number of aliphatic carboxylic acids is 1. The highest BCUT2D eigenvalue weighted by Crippen LogP contribution is 2.26. The van der Waals surface area contributed by atoms with Gasteiger partial charge in [-0.25, -0.2) is 4.79 Å². The van der Waals surface area contributed by atoms with E-state index in [2.05, 4.69) is 5.16 Å². The van der Waals surface area contributed by atoms with Gasteiger partial charge in [0.15, 0.2) is 5.76 Å². The van der Waals surface area contributed by atoms with Crippen LogP contribution in [0.25, 0.3) is 0 Å². The van der Waals surface area contributed by atoms with Gasteiger partial charge < -0.3 is 14.5 Å². The zero-order valence-corrected chi connectivity index (χ0v) is 12.6. The Morgan fingerprint density at radius 1 is 1.50 bits per heavy atom. The Kier molecular flexibility index (Phi) is 4.37. The zero-order valence-electron chi connectivity index (χ0n) is 11.8. The first-order valence-corrected chi connectivity index (χ1v) is 7.66. The molecule has 1 aromatic rings. The maximum Gasteiger partial charge on any atom is 0.327 e. The lowest BCUT2D eigenvalue weighted by Gasteiger charge is -2.32. The molecule has 0 bridgehead atoms. The number of amides is 1. The summed E-state index contributed by atoms with van der Waals surface area (Å²) in [6.07, 6.45) is 0. The Balaban J connectivity index is 2.34. The minimum atomic E-state index is -0.967. The first-order valence-electron chi connectivity index (χ1n) is 6.51. The minimum Gasteiger partial charge on any atom is -0.480 e. The highest BCUT2D eigenvalue weighted by Gasteiger charge is 2.36. The summed E-state index contributed by atoms with van der Waals surface area (Å²) in [7, 11) is 0. The van der Waals surface area contributed by atoms with Gasteiger partial charge in [-0.2, -0.15) is 11.8 Å². The van der Waals surface area contributed by atoms with Gasteiger partial charge in [0, 0.05) is 24.0 Å². The summed E-state index contributed by atoms with van der Waals surface area (Å²) in [6, 6.07) is -0.782. The number of hydrogen-bond donors (Lipinski definition) is 1. The maximum atomic E-state index is 12.7. The second-order valence-electron chi connectivity index (χ2n) is 5.09. The molecule has 1 atom stereocenters. The standard InChI is InChI=1S/C13H18N2O4S/c1-7(2)11-10(8(3)14-19-11)12(16)15-4-5-20-6-9(15)13(17)18/h7,9H,4-6H2,1-3H3,(H,17,18). The average molecular weight is 298 g/mol. The molecule has 0 spiro atoms. The van der Waals surface area contributed by atoms with Crippen LogP contribution in [0.1, 0.15) is 41.6 Å². The number of carbonyl (C=O) groups excluding carboxylic acids is 1. The van der Waals surface area contributed by atoms with Crippen molar-refractivity contribution in [2.75, 3.05) is 18.1 Å². The molecule has 7 heteroatoms. The van der Waals surface area contributed by atoms with Crippen LogP contribution in [-0.4, -0.2) is 51.1 Å². The SMILES string of the molecule is Cc1noc(C(C)C)c1C(=O)N1CCSCC1C(=O)O. The maximum absolute atomic E-state index is 12.7. The predicted octanol–water partition coefficient (Wildman–Crippen LogP) is 1.75. The van der Waals surface area contributed by atoms with Crippen LogP contribution in [0.15, 0.2) is 4.52 Å². The molecule has 0 saturated carbocycles. The molecule has 1 aliphatic heterocycles. The second kappa shape index (κ2) is 5.87. The fourth-order valence-corrected chi connectivity index (χ4v) is 3.27. The molecule has 1 unspecified atom stereocenters. The van der Waals surface area contributed by atoms with E-state index in [0.717, 1.165) is 5.75 Å². The molecule has 0 radical (unpaired) electrons. The van der Waals surface area contributed by atoms with Crippen LogP contribution in [0.2, 0.25) is 0 Å². The molecule has 2 heterocycles. The molecule has 20 heavy (non-hydrogen) atoms. The summed E-state index contributed by atoms with van der Waals surface area (Å²) >= 11 is 1.55. The van der Waals surface area contributed by atoms with Crippen LogP contribution >= 0.6 is 11.8 Å². The molecule has 110 valence electrons. The van der Waals surface area contributed by atoms with Crippen molar-refractivity contribution >= 4 is 23.6 Å². The lowest BCUT2D eigenvalue weighted by atomic mass is 10.0. The third kappa shape index (κ3) is 2.67. The largest absolute Gasteiger partial charge is 0.480 e. The molecule has 2 rings (SSSR count). The number of rotatable bonds is 3. The van der Waals surface area contributed by atoms with E-state index in [4.69, 9.17) is 4.52 Å². The normalized spacial score (nSPS) is 19.4. The number of hydrogen-bond acceptors (Lipinski definition) is 5. The van der Waals surface area contributed by atoms with Gasteiger partial charge in [0.25, 0.3) is 5.91 Å². The van der Waals surface area contributed by atoms with Crippen LogP contribution in [0.3, 0.4) is 0 Å². The monoisotopic (exact) mass is 298 g/mol. The Hall–Kier alpha value is -1.50. The molecule has 1 saturated heterocycles. The van der Waals surface area contributed by atoms with E-state index in [1.165, 1.54) is 4.90 Å². The summed E-state index contributed by atoms with van der Waals surface area (Å²) in [5, 5.41) is 13.1. The van der Waals surface area contributed by atoms with Crippen LogP contribution in [0, 0.1) is 6.92 Å². The first-order chi connectivity index (χ1) is 9.43.